The van der Waals surface area contributed by atoms with Crippen molar-refractivity contribution >= 4 is 40.5 Å². The molecule has 1 N–H and O–H groups in total. The molecule has 174 valence electrons. The highest BCUT2D eigenvalue weighted by atomic mass is 35.5. The summed E-state index contributed by atoms with van der Waals surface area (Å²) in [4.78, 5) is 25.7. The molecule has 0 saturated carbocycles. The topological polar surface area (TPSA) is 69.6 Å². The third-order valence-electron chi connectivity index (χ3n) is 5.18. The zero-order valence-corrected chi connectivity index (χ0v) is 20.3. The Hall–Kier alpha value is -3.55. The molecule has 0 unspecified atom stereocenters. The molecule has 0 aliphatic rings. The van der Waals surface area contributed by atoms with Crippen LogP contribution in [-0.2, 0) is 16.0 Å². The van der Waals surface area contributed by atoms with Crippen LogP contribution < -0.4 is 10.1 Å². The molecule has 0 spiro atoms. The van der Waals surface area contributed by atoms with Gasteiger partial charge in [-0.3, -0.25) is 9.36 Å². The first-order chi connectivity index (χ1) is 16.5. The van der Waals surface area contributed by atoms with Crippen molar-refractivity contribution in [1.29, 1.82) is 0 Å². The maximum Gasteiger partial charge on any atom is 0.357 e. The van der Waals surface area contributed by atoms with Gasteiger partial charge in [0.05, 0.1) is 25.8 Å². The summed E-state index contributed by atoms with van der Waals surface area (Å²) in [6, 6.07) is 18.5. The largest absolute Gasteiger partial charge is 0.497 e. The lowest BCUT2D eigenvalue weighted by Gasteiger charge is -2.13. The van der Waals surface area contributed by atoms with E-state index in [1.54, 1.807) is 42.1 Å². The Morgan fingerprint density at radius 2 is 1.85 bits per heavy atom. The van der Waals surface area contributed by atoms with E-state index in [2.05, 4.69) is 10.7 Å². The van der Waals surface area contributed by atoms with Crippen LogP contribution in [0.2, 0.25) is 5.15 Å². The first-order valence-electron chi connectivity index (χ1n) is 10.6. The number of esters is 1. The molecule has 1 amide bonds. The number of benzene rings is 2. The summed E-state index contributed by atoms with van der Waals surface area (Å²) in [7, 11) is 1.57. The average molecular weight is 495 g/mol. The summed E-state index contributed by atoms with van der Waals surface area (Å²) in [5.41, 5.74) is 4.08. The Bertz CT molecular complexity index is 1300. The first-order valence-corrected chi connectivity index (χ1v) is 12.0. The molecule has 2 heterocycles. The second-order valence-corrected chi connectivity index (χ2v) is 8.59. The molecule has 4 rings (SSSR count). The summed E-state index contributed by atoms with van der Waals surface area (Å²) >= 11 is 8.17. The minimum absolute atomic E-state index is 0.109. The van der Waals surface area contributed by atoms with Crippen LogP contribution in [0.3, 0.4) is 0 Å². The van der Waals surface area contributed by atoms with Crippen molar-refractivity contribution in [2.24, 2.45) is 0 Å². The van der Waals surface area contributed by atoms with E-state index in [-0.39, 0.29) is 29.8 Å². The van der Waals surface area contributed by atoms with E-state index in [1.807, 2.05) is 53.9 Å². The van der Waals surface area contributed by atoms with Gasteiger partial charge in [-0.25, -0.2) is 4.79 Å². The van der Waals surface area contributed by atoms with Gasteiger partial charge in [-0.05, 0) is 70.8 Å². The fraction of sp³-hybridized carbons (Fsp3) is 0.154. The number of nitrogens with zero attached hydrogens (tertiary/aromatic N) is 1. The van der Waals surface area contributed by atoms with Gasteiger partial charge in [0.1, 0.15) is 10.9 Å². The highest BCUT2D eigenvalue weighted by Crippen LogP contribution is 2.32. The van der Waals surface area contributed by atoms with E-state index in [0.717, 1.165) is 16.7 Å². The van der Waals surface area contributed by atoms with Crippen molar-refractivity contribution < 1.29 is 19.1 Å². The monoisotopic (exact) mass is 494 g/mol. The molecule has 0 saturated heterocycles. The van der Waals surface area contributed by atoms with Gasteiger partial charge in [-0.2, -0.15) is 11.3 Å². The summed E-state index contributed by atoms with van der Waals surface area (Å²) < 4.78 is 12.1. The number of thiophene rings is 1. The van der Waals surface area contributed by atoms with Crippen LogP contribution in [0, 0.1) is 0 Å². The number of halogens is 1. The van der Waals surface area contributed by atoms with E-state index in [0.29, 0.717) is 17.1 Å². The highest BCUT2D eigenvalue weighted by molar-refractivity contribution is 7.08. The lowest BCUT2D eigenvalue weighted by atomic mass is 10.1. The second kappa shape index (κ2) is 10.6. The Morgan fingerprint density at radius 3 is 2.53 bits per heavy atom. The number of rotatable bonds is 8. The number of hydrogen-bond donors (Lipinski definition) is 1. The first kappa shape index (κ1) is 23.6. The fourth-order valence-corrected chi connectivity index (χ4v) is 4.58. The summed E-state index contributed by atoms with van der Waals surface area (Å²) in [6.07, 6.45) is 0.109. The molecule has 0 atom stereocenters. The summed E-state index contributed by atoms with van der Waals surface area (Å²) in [5.74, 6) is -0.203. The zero-order valence-electron chi connectivity index (χ0n) is 18.7. The van der Waals surface area contributed by atoms with Crippen LogP contribution in [0.1, 0.15) is 23.0 Å². The Morgan fingerprint density at radius 1 is 1.06 bits per heavy atom. The number of aromatic nitrogens is 1. The third-order valence-corrected chi connectivity index (χ3v) is 6.14. The van der Waals surface area contributed by atoms with E-state index in [1.165, 1.54) is 0 Å². The third kappa shape index (κ3) is 5.16. The molecule has 0 radical (unpaired) electrons. The summed E-state index contributed by atoms with van der Waals surface area (Å²) in [6.45, 7) is 1.92. The molecule has 2 aromatic heterocycles. The quantitative estimate of drug-likeness (QED) is 0.295. The number of anilines is 1. The molecule has 8 heteroatoms. The molecule has 0 bridgehead atoms. The van der Waals surface area contributed by atoms with Gasteiger partial charge in [0, 0.05) is 5.69 Å². The van der Waals surface area contributed by atoms with E-state index >= 15 is 0 Å². The molecule has 4 aromatic rings. The van der Waals surface area contributed by atoms with Gasteiger partial charge in [-0.15, -0.1) is 0 Å². The number of ether oxygens (including phenoxy) is 2. The molecule has 0 fully saturated rings. The maximum atomic E-state index is 12.9. The van der Waals surface area contributed by atoms with Crippen molar-refractivity contribution in [2.45, 2.75) is 13.3 Å². The molecule has 34 heavy (non-hydrogen) atoms. The predicted octanol–water partition coefficient (Wildman–Crippen LogP) is 6.23. The number of amides is 1. The predicted molar refractivity (Wildman–Crippen MR) is 135 cm³/mol. The zero-order chi connectivity index (χ0) is 24.1. The van der Waals surface area contributed by atoms with Gasteiger partial charge in [0.2, 0.25) is 5.91 Å². The molecular weight excluding hydrogens is 472 g/mol. The van der Waals surface area contributed by atoms with Crippen LogP contribution in [-0.4, -0.2) is 30.2 Å². The smallest absolute Gasteiger partial charge is 0.357 e. The van der Waals surface area contributed by atoms with Crippen LogP contribution in [0.5, 0.6) is 5.75 Å². The van der Waals surface area contributed by atoms with Gasteiger partial charge in [-0.1, -0.05) is 35.9 Å². The maximum absolute atomic E-state index is 12.9. The van der Waals surface area contributed by atoms with Gasteiger partial charge in [0.15, 0.2) is 5.69 Å². The second-order valence-electron chi connectivity index (χ2n) is 7.42. The van der Waals surface area contributed by atoms with Crippen molar-refractivity contribution in [3.05, 3.63) is 87.8 Å². The minimum atomic E-state index is -0.576. The van der Waals surface area contributed by atoms with Gasteiger partial charge in [0.25, 0.3) is 0 Å². The number of carbonyl (C=O) groups excluding carboxylic acids is 2. The van der Waals surface area contributed by atoms with Crippen LogP contribution in [0.4, 0.5) is 5.69 Å². The normalized spacial score (nSPS) is 10.7. The molecule has 6 nitrogen and oxygen atoms in total. The Balaban J connectivity index is 1.65. The van der Waals surface area contributed by atoms with Crippen LogP contribution >= 0.6 is 22.9 Å². The lowest BCUT2D eigenvalue weighted by Crippen LogP contribution is -2.18. The minimum Gasteiger partial charge on any atom is -0.497 e. The van der Waals surface area contributed by atoms with Crippen molar-refractivity contribution in [1.82, 2.24) is 4.57 Å². The SMILES string of the molecule is CCOC(=O)c1c(NC(=O)Cc2cccc(OC)c2)cc(Cl)n1-c1ccc(-c2ccsc2)cc1. The Kier molecular flexibility index (Phi) is 7.35. The van der Waals surface area contributed by atoms with Gasteiger partial charge < -0.3 is 14.8 Å². The van der Waals surface area contributed by atoms with Crippen molar-refractivity contribution in [3.63, 3.8) is 0 Å². The molecule has 0 aliphatic heterocycles. The molecular formula is C26H23ClN2O4S. The molecule has 0 aliphatic carbocycles. The number of hydrogen-bond acceptors (Lipinski definition) is 5. The van der Waals surface area contributed by atoms with E-state index in [4.69, 9.17) is 21.1 Å². The van der Waals surface area contributed by atoms with Crippen molar-refractivity contribution in [2.75, 3.05) is 19.0 Å². The lowest BCUT2D eigenvalue weighted by molar-refractivity contribution is -0.115. The number of nitrogens with one attached hydrogen (secondary N) is 1. The number of carbonyl (C=O) groups is 2. The molecule has 2 aromatic carbocycles. The van der Waals surface area contributed by atoms with Crippen LogP contribution in [0.15, 0.2) is 71.4 Å². The van der Waals surface area contributed by atoms with Crippen molar-refractivity contribution in [3.8, 4) is 22.6 Å². The van der Waals surface area contributed by atoms with E-state index in [9.17, 15) is 9.59 Å². The van der Waals surface area contributed by atoms with Crippen LogP contribution in [0.25, 0.3) is 16.8 Å². The fourth-order valence-electron chi connectivity index (χ4n) is 3.62. The number of methoxy groups -OCH3 is 1. The standard InChI is InChI=1S/C26H23ClN2O4S/c1-3-33-26(31)25-22(28-24(30)14-17-5-4-6-21(13-17)32-2)15-23(27)29(25)20-9-7-18(8-10-20)19-11-12-34-16-19/h4-13,15-16H,3,14H2,1-2H3,(H,28,30). The van der Waals surface area contributed by atoms with Gasteiger partial charge >= 0.3 is 5.97 Å². The summed E-state index contributed by atoms with van der Waals surface area (Å²) in [5, 5.41) is 7.18. The average Bonchev–Trinajstić information content (AvgIpc) is 3.47. The van der Waals surface area contributed by atoms with E-state index < -0.39 is 5.97 Å². The highest BCUT2D eigenvalue weighted by Gasteiger charge is 2.24. The Labute approximate surface area is 206 Å².